The van der Waals surface area contributed by atoms with Crippen molar-refractivity contribution in [3.63, 3.8) is 0 Å². The van der Waals surface area contributed by atoms with E-state index in [1.54, 1.807) is 11.3 Å². The van der Waals surface area contributed by atoms with E-state index < -0.39 is 6.10 Å². The molecule has 1 amide bonds. The molecule has 2 rings (SSSR count). The molecule has 2 unspecified atom stereocenters. The van der Waals surface area contributed by atoms with Gasteiger partial charge in [-0.05, 0) is 25.3 Å². The fourth-order valence-corrected chi connectivity index (χ4v) is 3.03. The molecule has 1 heterocycles. The van der Waals surface area contributed by atoms with Gasteiger partial charge in [0.15, 0.2) is 0 Å². The number of rotatable bonds is 7. The van der Waals surface area contributed by atoms with E-state index in [-0.39, 0.29) is 11.9 Å². The first-order valence-electron chi connectivity index (χ1n) is 7.54. The number of benzene rings is 1. The molecule has 5 heteroatoms. The first-order chi connectivity index (χ1) is 10.6. The van der Waals surface area contributed by atoms with Crippen molar-refractivity contribution in [1.82, 2.24) is 10.3 Å². The number of amides is 1. The van der Waals surface area contributed by atoms with E-state index in [1.165, 1.54) is 0 Å². The number of nitrogens with zero attached hydrogens (tertiary/aromatic N) is 1. The van der Waals surface area contributed by atoms with Gasteiger partial charge in [-0.15, -0.1) is 11.3 Å². The van der Waals surface area contributed by atoms with Crippen LogP contribution in [0.1, 0.15) is 42.6 Å². The first kappa shape index (κ1) is 16.6. The number of carbonyl (C=O) groups is 1. The van der Waals surface area contributed by atoms with E-state index in [9.17, 15) is 9.90 Å². The third-order valence-electron chi connectivity index (χ3n) is 3.41. The minimum Gasteiger partial charge on any atom is -0.388 e. The molecular weight excluding hydrogens is 296 g/mol. The monoisotopic (exact) mass is 318 g/mol. The predicted octanol–water partition coefficient (Wildman–Crippen LogP) is 2.88. The Hall–Kier alpha value is -1.72. The number of thiazole rings is 1. The van der Waals surface area contributed by atoms with Crippen molar-refractivity contribution in [3.05, 3.63) is 52.0 Å². The van der Waals surface area contributed by atoms with Crippen molar-refractivity contribution in [2.45, 2.75) is 45.3 Å². The molecule has 1 aromatic carbocycles. The molecule has 0 aliphatic heterocycles. The molecule has 2 N–H and O–H groups in total. The summed E-state index contributed by atoms with van der Waals surface area (Å²) in [5.74, 6) is -0.0549. The Balaban J connectivity index is 1.81. The Kier molecular flexibility index (Phi) is 6.10. The molecule has 2 aromatic rings. The summed E-state index contributed by atoms with van der Waals surface area (Å²) in [7, 11) is 0. The number of nitrogens with one attached hydrogen (secondary N) is 1. The van der Waals surface area contributed by atoms with Crippen LogP contribution in [0.5, 0.6) is 0 Å². The van der Waals surface area contributed by atoms with Gasteiger partial charge in [0.1, 0.15) is 0 Å². The number of carbonyl (C=O) groups excluding carboxylic acids is 1. The first-order valence-corrected chi connectivity index (χ1v) is 8.42. The van der Waals surface area contributed by atoms with Gasteiger partial charge in [0.05, 0.1) is 23.2 Å². The summed E-state index contributed by atoms with van der Waals surface area (Å²) in [4.78, 5) is 16.4. The molecule has 0 fully saturated rings. The Morgan fingerprint density at radius 1 is 1.36 bits per heavy atom. The maximum Gasteiger partial charge on any atom is 0.226 e. The van der Waals surface area contributed by atoms with Crippen LogP contribution in [0.25, 0.3) is 0 Å². The van der Waals surface area contributed by atoms with Gasteiger partial charge in [-0.1, -0.05) is 37.3 Å². The fraction of sp³-hybridized carbons (Fsp3) is 0.412. The highest BCUT2D eigenvalue weighted by Gasteiger charge is 2.15. The largest absolute Gasteiger partial charge is 0.388 e. The van der Waals surface area contributed by atoms with E-state index in [0.717, 1.165) is 22.7 Å². The molecule has 22 heavy (non-hydrogen) atoms. The summed E-state index contributed by atoms with van der Waals surface area (Å²) in [6.07, 6.45) is 1.11. The van der Waals surface area contributed by atoms with Crippen molar-refractivity contribution < 1.29 is 9.90 Å². The second-order valence-electron chi connectivity index (χ2n) is 5.39. The van der Waals surface area contributed by atoms with E-state index >= 15 is 0 Å². The maximum atomic E-state index is 12.0. The molecule has 0 spiro atoms. The lowest BCUT2D eigenvalue weighted by atomic mass is 10.0. The Bertz CT molecular complexity index is 598. The SMILES string of the molecule is CCc1nc(CC(=O)NC(C)CC(O)c2ccccc2)cs1. The summed E-state index contributed by atoms with van der Waals surface area (Å²) >= 11 is 1.59. The lowest BCUT2D eigenvalue weighted by Crippen LogP contribution is -2.34. The third kappa shape index (κ3) is 4.93. The van der Waals surface area contributed by atoms with Crippen molar-refractivity contribution >= 4 is 17.2 Å². The predicted molar refractivity (Wildman–Crippen MR) is 88.8 cm³/mol. The lowest BCUT2D eigenvalue weighted by molar-refractivity contribution is -0.121. The molecule has 0 aliphatic rings. The van der Waals surface area contributed by atoms with Gasteiger partial charge >= 0.3 is 0 Å². The summed E-state index contributed by atoms with van der Waals surface area (Å²) in [6.45, 7) is 3.96. The molecular formula is C17H22N2O2S. The van der Waals surface area contributed by atoms with Crippen molar-refractivity contribution in [3.8, 4) is 0 Å². The summed E-state index contributed by atoms with van der Waals surface area (Å²) < 4.78 is 0. The van der Waals surface area contributed by atoms with Gasteiger partial charge < -0.3 is 10.4 Å². The van der Waals surface area contributed by atoms with Crippen LogP contribution in [-0.2, 0) is 17.6 Å². The zero-order valence-corrected chi connectivity index (χ0v) is 13.8. The molecule has 0 aliphatic carbocycles. The highest BCUT2D eigenvalue weighted by molar-refractivity contribution is 7.09. The fourth-order valence-electron chi connectivity index (χ4n) is 2.29. The Morgan fingerprint density at radius 2 is 2.09 bits per heavy atom. The van der Waals surface area contributed by atoms with Crippen LogP contribution in [0.2, 0.25) is 0 Å². The quantitative estimate of drug-likeness (QED) is 0.825. The van der Waals surface area contributed by atoms with Crippen LogP contribution in [0.3, 0.4) is 0 Å². The number of aromatic nitrogens is 1. The van der Waals surface area contributed by atoms with Gasteiger partial charge in [-0.2, -0.15) is 0 Å². The van der Waals surface area contributed by atoms with E-state index in [1.807, 2.05) is 42.6 Å². The average molecular weight is 318 g/mol. The highest BCUT2D eigenvalue weighted by atomic mass is 32.1. The van der Waals surface area contributed by atoms with Crippen LogP contribution < -0.4 is 5.32 Å². The van der Waals surface area contributed by atoms with Crippen LogP contribution in [-0.4, -0.2) is 22.0 Å². The number of hydrogen-bond acceptors (Lipinski definition) is 4. The Morgan fingerprint density at radius 3 is 2.73 bits per heavy atom. The Labute approximate surface area is 135 Å². The summed E-state index contributed by atoms with van der Waals surface area (Å²) in [6, 6.07) is 9.40. The zero-order chi connectivity index (χ0) is 15.9. The van der Waals surface area contributed by atoms with Crippen molar-refractivity contribution in [2.75, 3.05) is 0 Å². The molecule has 0 saturated heterocycles. The van der Waals surface area contributed by atoms with Gasteiger partial charge in [0.2, 0.25) is 5.91 Å². The van der Waals surface area contributed by atoms with Gasteiger partial charge in [-0.3, -0.25) is 4.79 Å². The normalized spacial score (nSPS) is 13.6. The minimum atomic E-state index is -0.567. The molecule has 118 valence electrons. The van der Waals surface area contributed by atoms with Gasteiger partial charge in [0, 0.05) is 11.4 Å². The standard InChI is InChI=1S/C17H22N2O2S/c1-3-17-19-14(11-22-17)10-16(21)18-12(2)9-15(20)13-7-5-4-6-8-13/h4-8,11-12,15,20H,3,9-10H2,1-2H3,(H,18,21). The van der Waals surface area contributed by atoms with E-state index in [0.29, 0.717) is 12.8 Å². The smallest absolute Gasteiger partial charge is 0.226 e. The summed E-state index contributed by atoms with van der Waals surface area (Å²) in [5.41, 5.74) is 1.69. The summed E-state index contributed by atoms with van der Waals surface area (Å²) in [5, 5.41) is 16.1. The third-order valence-corrected chi connectivity index (χ3v) is 4.45. The molecule has 0 radical (unpaired) electrons. The van der Waals surface area contributed by atoms with Crippen LogP contribution in [0, 0.1) is 0 Å². The lowest BCUT2D eigenvalue weighted by Gasteiger charge is -2.18. The van der Waals surface area contributed by atoms with E-state index in [4.69, 9.17) is 0 Å². The van der Waals surface area contributed by atoms with E-state index in [2.05, 4.69) is 17.2 Å². The van der Waals surface area contributed by atoms with Crippen LogP contribution >= 0.6 is 11.3 Å². The van der Waals surface area contributed by atoms with Crippen molar-refractivity contribution in [1.29, 1.82) is 0 Å². The second kappa shape index (κ2) is 8.06. The van der Waals surface area contributed by atoms with Crippen molar-refractivity contribution in [2.24, 2.45) is 0 Å². The number of aryl methyl sites for hydroxylation is 1. The second-order valence-corrected chi connectivity index (χ2v) is 6.34. The number of aliphatic hydroxyl groups excluding tert-OH is 1. The van der Waals surface area contributed by atoms with Crippen LogP contribution in [0.4, 0.5) is 0 Å². The maximum absolute atomic E-state index is 12.0. The molecule has 1 aromatic heterocycles. The van der Waals surface area contributed by atoms with Crippen LogP contribution in [0.15, 0.2) is 35.7 Å². The molecule has 2 atom stereocenters. The van der Waals surface area contributed by atoms with Gasteiger partial charge in [-0.25, -0.2) is 4.98 Å². The zero-order valence-electron chi connectivity index (χ0n) is 13.0. The number of hydrogen-bond donors (Lipinski definition) is 2. The number of aliphatic hydroxyl groups is 1. The highest BCUT2D eigenvalue weighted by Crippen LogP contribution is 2.17. The van der Waals surface area contributed by atoms with Gasteiger partial charge in [0.25, 0.3) is 0 Å². The topological polar surface area (TPSA) is 62.2 Å². The average Bonchev–Trinajstić information content (AvgIpc) is 2.95. The molecule has 0 saturated carbocycles. The minimum absolute atomic E-state index is 0.0549. The molecule has 0 bridgehead atoms. The molecule has 4 nitrogen and oxygen atoms in total.